The standard InChI is InChI=1S/C18H17NO3S/c1-12(22-17(20)7-6-13-8-9-23-11-13)18(21)15-10-19-16-5-3-2-4-14(15)16/h2-5,8-12,19H,6-7H2,1H3/t12-/m0/s1. The van der Waals surface area contributed by atoms with E-state index in [2.05, 4.69) is 4.98 Å². The van der Waals surface area contributed by atoms with E-state index in [0.29, 0.717) is 12.0 Å². The monoisotopic (exact) mass is 327 g/mol. The summed E-state index contributed by atoms with van der Waals surface area (Å²) in [5, 5.41) is 4.83. The Balaban J connectivity index is 1.62. The molecule has 4 nitrogen and oxygen atoms in total. The molecule has 0 aliphatic carbocycles. The molecular formula is C18H17NO3S. The second kappa shape index (κ2) is 6.79. The highest BCUT2D eigenvalue weighted by Crippen LogP contribution is 2.20. The Labute approximate surface area is 138 Å². The maximum absolute atomic E-state index is 12.5. The molecule has 23 heavy (non-hydrogen) atoms. The van der Waals surface area contributed by atoms with Gasteiger partial charge in [0.2, 0.25) is 5.78 Å². The Bertz CT molecular complexity index is 820. The van der Waals surface area contributed by atoms with Crippen molar-refractivity contribution in [3.63, 3.8) is 0 Å². The van der Waals surface area contributed by atoms with Crippen molar-refractivity contribution in [1.29, 1.82) is 0 Å². The lowest BCUT2D eigenvalue weighted by Crippen LogP contribution is -2.24. The molecule has 118 valence electrons. The van der Waals surface area contributed by atoms with Crippen LogP contribution in [0.3, 0.4) is 0 Å². The lowest BCUT2D eigenvalue weighted by Gasteiger charge is -2.11. The van der Waals surface area contributed by atoms with E-state index >= 15 is 0 Å². The van der Waals surface area contributed by atoms with Crippen molar-refractivity contribution < 1.29 is 14.3 Å². The molecule has 0 saturated heterocycles. The SMILES string of the molecule is C[C@H](OC(=O)CCc1ccsc1)C(=O)c1c[nH]c2ccccc12. The number of ketones is 1. The molecule has 2 heterocycles. The number of rotatable bonds is 6. The number of Topliss-reactive ketones (excluding diaryl/α,β-unsaturated/α-hetero) is 1. The van der Waals surface area contributed by atoms with Gasteiger partial charge in [0.05, 0.1) is 0 Å². The van der Waals surface area contributed by atoms with Crippen molar-refractivity contribution in [1.82, 2.24) is 4.98 Å². The molecule has 2 aromatic heterocycles. The summed E-state index contributed by atoms with van der Waals surface area (Å²) in [6, 6.07) is 9.55. The van der Waals surface area contributed by atoms with Gasteiger partial charge >= 0.3 is 5.97 Å². The normalized spacial score (nSPS) is 12.2. The van der Waals surface area contributed by atoms with Crippen LogP contribution in [0.4, 0.5) is 0 Å². The summed E-state index contributed by atoms with van der Waals surface area (Å²) in [6.07, 6.45) is 1.80. The van der Waals surface area contributed by atoms with Gasteiger partial charge in [-0.05, 0) is 41.8 Å². The third kappa shape index (κ3) is 3.51. The third-order valence-corrected chi connectivity index (χ3v) is 4.46. The number of nitrogens with one attached hydrogen (secondary N) is 1. The highest BCUT2D eigenvalue weighted by molar-refractivity contribution is 7.07. The summed E-state index contributed by atoms with van der Waals surface area (Å²) in [4.78, 5) is 27.5. The Morgan fingerprint density at radius 3 is 2.87 bits per heavy atom. The van der Waals surface area contributed by atoms with E-state index in [1.54, 1.807) is 24.5 Å². The van der Waals surface area contributed by atoms with E-state index in [9.17, 15) is 9.59 Å². The van der Waals surface area contributed by atoms with Crippen LogP contribution >= 0.6 is 11.3 Å². The molecule has 1 aromatic carbocycles. The number of aromatic nitrogens is 1. The van der Waals surface area contributed by atoms with Crippen LogP contribution in [0, 0.1) is 0 Å². The van der Waals surface area contributed by atoms with Gasteiger partial charge < -0.3 is 9.72 Å². The molecule has 0 fully saturated rings. The van der Waals surface area contributed by atoms with E-state index in [1.807, 2.05) is 41.1 Å². The van der Waals surface area contributed by atoms with Gasteiger partial charge in [0, 0.05) is 29.1 Å². The Morgan fingerprint density at radius 2 is 2.09 bits per heavy atom. The van der Waals surface area contributed by atoms with Gasteiger partial charge in [0.15, 0.2) is 6.10 Å². The first-order valence-electron chi connectivity index (χ1n) is 7.46. The number of para-hydroxylation sites is 1. The zero-order chi connectivity index (χ0) is 16.2. The zero-order valence-electron chi connectivity index (χ0n) is 12.7. The number of H-pyrrole nitrogens is 1. The summed E-state index contributed by atoms with van der Waals surface area (Å²) in [7, 11) is 0. The number of hydrogen-bond donors (Lipinski definition) is 1. The zero-order valence-corrected chi connectivity index (χ0v) is 13.6. The predicted octanol–water partition coefficient (Wildman–Crippen LogP) is 3.98. The largest absolute Gasteiger partial charge is 0.454 e. The maximum Gasteiger partial charge on any atom is 0.306 e. The smallest absolute Gasteiger partial charge is 0.306 e. The molecule has 0 radical (unpaired) electrons. The molecule has 3 aromatic rings. The van der Waals surface area contributed by atoms with Gasteiger partial charge in [-0.3, -0.25) is 9.59 Å². The molecule has 1 N–H and O–H groups in total. The second-order valence-electron chi connectivity index (χ2n) is 5.38. The van der Waals surface area contributed by atoms with Gasteiger partial charge in [-0.15, -0.1) is 0 Å². The van der Waals surface area contributed by atoms with Gasteiger partial charge in [-0.2, -0.15) is 11.3 Å². The molecule has 0 unspecified atom stereocenters. The first kappa shape index (κ1) is 15.5. The molecule has 0 bridgehead atoms. The summed E-state index contributed by atoms with van der Waals surface area (Å²) >= 11 is 1.60. The Kier molecular flexibility index (Phi) is 4.57. The van der Waals surface area contributed by atoms with Gasteiger partial charge in [-0.1, -0.05) is 18.2 Å². The lowest BCUT2D eigenvalue weighted by molar-refractivity contribution is -0.146. The highest BCUT2D eigenvalue weighted by atomic mass is 32.1. The molecule has 0 saturated carbocycles. The molecule has 0 spiro atoms. The first-order valence-corrected chi connectivity index (χ1v) is 8.40. The quantitative estimate of drug-likeness (QED) is 0.550. The molecule has 3 rings (SSSR count). The number of carbonyl (C=O) groups is 2. The average molecular weight is 327 g/mol. The van der Waals surface area contributed by atoms with E-state index < -0.39 is 6.10 Å². The van der Waals surface area contributed by atoms with E-state index in [1.165, 1.54) is 0 Å². The topological polar surface area (TPSA) is 59.2 Å². The molecule has 0 aliphatic heterocycles. The van der Waals surface area contributed by atoms with Crippen LogP contribution in [0.15, 0.2) is 47.3 Å². The highest BCUT2D eigenvalue weighted by Gasteiger charge is 2.22. The van der Waals surface area contributed by atoms with Crippen molar-refractivity contribution in [2.75, 3.05) is 0 Å². The number of benzene rings is 1. The van der Waals surface area contributed by atoms with Crippen molar-refractivity contribution in [3.05, 3.63) is 58.4 Å². The average Bonchev–Trinajstić information content (AvgIpc) is 3.21. The number of aromatic amines is 1. The molecule has 0 amide bonds. The van der Waals surface area contributed by atoms with Crippen LogP contribution in [-0.4, -0.2) is 22.8 Å². The fraction of sp³-hybridized carbons (Fsp3) is 0.222. The maximum atomic E-state index is 12.5. The number of hydrogen-bond acceptors (Lipinski definition) is 4. The molecule has 1 atom stereocenters. The van der Waals surface area contributed by atoms with Crippen LogP contribution in [-0.2, 0) is 16.0 Å². The van der Waals surface area contributed by atoms with Crippen LogP contribution in [0.2, 0.25) is 0 Å². The van der Waals surface area contributed by atoms with Crippen molar-refractivity contribution in [2.24, 2.45) is 0 Å². The first-order chi connectivity index (χ1) is 11.1. The Hall–Kier alpha value is -2.40. The summed E-state index contributed by atoms with van der Waals surface area (Å²) in [6.45, 7) is 1.62. The van der Waals surface area contributed by atoms with Crippen LogP contribution < -0.4 is 0 Å². The summed E-state index contributed by atoms with van der Waals surface area (Å²) in [5.41, 5.74) is 2.56. The number of esters is 1. The van der Waals surface area contributed by atoms with E-state index in [-0.39, 0.29) is 18.2 Å². The van der Waals surface area contributed by atoms with Crippen LogP contribution in [0.25, 0.3) is 10.9 Å². The minimum atomic E-state index is -0.788. The summed E-state index contributed by atoms with van der Waals surface area (Å²) in [5.74, 6) is -0.539. The number of aryl methyl sites for hydroxylation is 1. The van der Waals surface area contributed by atoms with E-state index in [0.717, 1.165) is 16.5 Å². The predicted molar refractivity (Wildman–Crippen MR) is 90.8 cm³/mol. The van der Waals surface area contributed by atoms with Gasteiger partial charge in [-0.25, -0.2) is 0 Å². The number of fused-ring (bicyclic) bond motifs is 1. The van der Waals surface area contributed by atoms with Crippen molar-refractivity contribution in [2.45, 2.75) is 25.9 Å². The Morgan fingerprint density at radius 1 is 1.26 bits per heavy atom. The minimum absolute atomic E-state index is 0.189. The van der Waals surface area contributed by atoms with Crippen LogP contribution in [0.1, 0.15) is 29.3 Å². The van der Waals surface area contributed by atoms with Gasteiger partial charge in [0.25, 0.3) is 0 Å². The third-order valence-electron chi connectivity index (χ3n) is 3.73. The number of ether oxygens (including phenoxy) is 1. The lowest BCUT2D eigenvalue weighted by atomic mass is 10.1. The fourth-order valence-corrected chi connectivity index (χ4v) is 3.19. The minimum Gasteiger partial charge on any atom is -0.454 e. The van der Waals surface area contributed by atoms with Crippen molar-refractivity contribution in [3.8, 4) is 0 Å². The molecular weight excluding hydrogens is 310 g/mol. The summed E-state index contributed by atoms with van der Waals surface area (Å²) < 4.78 is 5.28. The second-order valence-corrected chi connectivity index (χ2v) is 6.16. The van der Waals surface area contributed by atoms with Crippen molar-refractivity contribution >= 4 is 34.0 Å². The van der Waals surface area contributed by atoms with Gasteiger partial charge in [0.1, 0.15) is 0 Å². The fourth-order valence-electron chi connectivity index (χ4n) is 2.49. The number of thiophene rings is 1. The van der Waals surface area contributed by atoms with E-state index in [4.69, 9.17) is 4.74 Å². The number of carbonyl (C=O) groups excluding carboxylic acids is 2. The molecule has 0 aliphatic rings. The molecule has 5 heteroatoms. The van der Waals surface area contributed by atoms with Crippen LogP contribution in [0.5, 0.6) is 0 Å².